The maximum atomic E-state index is 12.0. The lowest BCUT2D eigenvalue weighted by atomic mass is 10.1. The molecule has 1 unspecified atom stereocenters. The van der Waals surface area contributed by atoms with Gasteiger partial charge in [0.05, 0.1) is 0 Å². The Balaban J connectivity index is 2.32. The molecule has 100 valence electrons. The molecule has 0 saturated carbocycles. The van der Waals surface area contributed by atoms with Crippen LogP contribution in [0.5, 0.6) is 0 Å². The summed E-state index contributed by atoms with van der Waals surface area (Å²) >= 11 is 0. The first-order valence-corrected chi connectivity index (χ1v) is 6.76. The molecule has 1 saturated heterocycles. The molecule has 1 atom stereocenters. The number of likely N-dealkylation sites (N-methyl/N-ethyl adjacent to an activating group) is 1. The van der Waals surface area contributed by atoms with E-state index in [1.165, 1.54) is 0 Å². The molecule has 17 heavy (non-hydrogen) atoms. The zero-order valence-corrected chi connectivity index (χ0v) is 11.7. The fraction of sp³-hybridized carbons (Fsp3) is 0.923. The highest BCUT2D eigenvalue weighted by Crippen LogP contribution is 2.11. The number of rotatable bonds is 5. The average Bonchev–Trinajstić information content (AvgIpc) is 2.29. The molecule has 0 radical (unpaired) electrons. The highest BCUT2D eigenvalue weighted by Gasteiger charge is 2.25. The molecular formula is C13H27N3O. The fourth-order valence-electron chi connectivity index (χ4n) is 2.24. The molecule has 0 aliphatic carbocycles. The van der Waals surface area contributed by atoms with Gasteiger partial charge >= 0.3 is 0 Å². The van der Waals surface area contributed by atoms with Gasteiger partial charge in [0, 0.05) is 44.7 Å². The number of nitrogens with one attached hydrogen (secondary N) is 1. The SMILES string of the molecule is CCC1CN(C(=O)CCNC(C)C)CCN1C. The van der Waals surface area contributed by atoms with Crippen LogP contribution in [0, 0.1) is 0 Å². The Morgan fingerprint density at radius 1 is 1.41 bits per heavy atom. The van der Waals surface area contributed by atoms with Crippen molar-refractivity contribution in [2.75, 3.05) is 33.2 Å². The summed E-state index contributed by atoms with van der Waals surface area (Å²) in [5.41, 5.74) is 0. The van der Waals surface area contributed by atoms with Crippen LogP contribution in [0.25, 0.3) is 0 Å². The normalized spacial score (nSPS) is 22.2. The molecule has 1 aliphatic heterocycles. The van der Waals surface area contributed by atoms with Crippen molar-refractivity contribution in [2.45, 2.75) is 45.7 Å². The van der Waals surface area contributed by atoms with E-state index in [-0.39, 0.29) is 0 Å². The van der Waals surface area contributed by atoms with Crippen LogP contribution in [-0.2, 0) is 4.79 Å². The molecule has 0 aromatic heterocycles. The van der Waals surface area contributed by atoms with Crippen LogP contribution >= 0.6 is 0 Å². The standard InChI is InChI=1S/C13H27N3O/c1-5-12-10-16(9-8-15(12)4)13(17)6-7-14-11(2)3/h11-12,14H,5-10H2,1-4H3. The number of hydrogen-bond acceptors (Lipinski definition) is 3. The molecule has 0 spiro atoms. The number of nitrogens with zero attached hydrogens (tertiary/aromatic N) is 2. The number of carbonyl (C=O) groups excluding carboxylic acids is 1. The Morgan fingerprint density at radius 2 is 2.12 bits per heavy atom. The summed E-state index contributed by atoms with van der Waals surface area (Å²) in [6, 6.07) is 0.990. The van der Waals surface area contributed by atoms with Gasteiger partial charge < -0.3 is 10.2 Å². The van der Waals surface area contributed by atoms with Crippen molar-refractivity contribution >= 4 is 5.91 Å². The van der Waals surface area contributed by atoms with E-state index < -0.39 is 0 Å². The predicted octanol–water partition coefficient (Wildman–Crippen LogP) is 0.927. The van der Waals surface area contributed by atoms with Gasteiger partial charge in [-0.05, 0) is 13.5 Å². The quantitative estimate of drug-likeness (QED) is 0.778. The summed E-state index contributed by atoms with van der Waals surface area (Å²) in [5, 5.41) is 3.29. The van der Waals surface area contributed by atoms with E-state index in [0.717, 1.165) is 32.6 Å². The van der Waals surface area contributed by atoms with Crippen LogP contribution in [0.15, 0.2) is 0 Å². The van der Waals surface area contributed by atoms with Gasteiger partial charge in [-0.3, -0.25) is 9.69 Å². The Kier molecular flexibility index (Phi) is 5.92. The topological polar surface area (TPSA) is 35.6 Å². The Labute approximate surface area is 105 Å². The number of piperazine rings is 1. The largest absolute Gasteiger partial charge is 0.340 e. The van der Waals surface area contributed by atoms with Crippen molar-refractivity contribution in [1.29, 1.82) is 0 Å². The predicted molar refractivity (Wildman–Crippen MR) is 71.0 cm³/mol. The van der Waals surface area contributed by atoms with E-state index in [9.17, 15) is 4.79 Å². The number of carbonyl (C=O) groups is 1. The smallest absolute Gasteiger partial charge is 0.223 e. The molecular weight excluding hydrogens is 214 g/mol. The second kappa shape index (κ2) is 6.97. The third-order valence-electron chi connectivity index (χ3n) is 3.49. The zero-order chi connectivity index (χ0) is 12.8. The van der Waals surface area contributed by atoms with Crippen LogP contribution in [0.3, 0.4) is 0 Å². The molecule has 4 heteroatoms. The molecule has 4 nitrogen and oxygen atoms in total. The van der Waals surface area contributed by atoms with Gasteiger partial charge in [0.1, 0.15) is 0 Å². The molecule has 0 bridgehead atoms. The van der Waals surface area contributed by atoms with Gasteiger partial charge in [0.15, 0.2) is 0 Å². The number of hydrogen-bond donors (Lipinski definition) is 1. The van der Waals surface area contributed by atoms with Crippen LogP contribution in [0.1, 0.15) is 33.6 Å². The van der Waals surface area contributed by atoms with E-state index in [4.69, 9.17) is 0 Å². The lowest BCUT2D eigenvalue weighted by Crippen LogP contribution is -2.53. The highest BCUT2D eigenvalue weighted by molar-refractivity contribution is 5.76. The van der Waals surface area contributed by atoms with Crippen LogP contribution in [0.4, 0.5) is 0 Å². The van der Waals surface area contributed by atoms with Crippen molar-refractivity contribution in [3.8, 4) is 0 Å². The molecule has 1 fully saturated rings. The summed E-state index contributed by atoms with van der Waals surface area (Å²) in [7, 11) is 2.15. The van der Waals surface area contributed by atoms with Gasteiger partial charge in [-0.25, -0.2) is 0 Å². The lowest BCUT2D eigenvalue weighted by Gasteiger charge is -2.39. The second-order valence-electron chi connectivity index (χ2n) is 5.24. The molecule has 1 rings (SSSR count). The molecule has 1 heterocycles. The first kappa shape index (κ1) is 14.5. The Morgan fingerprint density at radius 3 is 2.71 bits per heavy atom. The molecule has 1 aliphatic rings. The summed E-state index contributed by atoms with van der Waals surface area (Å²) < 4.78 is 0. The average molecular weight is 241 g/mol. The summed E-state index contributed by atoms with van der Waals surface area (Å²) in [5.74, 6) is 0.296. The van der Waals surface area contributed by atoms with Crippen molar-refractivity contribution in [3.05, 3.63) is 0 Å². The van der Waals surface area contributed by atoms with Crippen molar-refractivity contribution in [2.24, 2.45) is 0 Å². The molecule has 0 aromatic rings. The van der Waals surface area contributed by atoms with Gasteiger partial charge in [0.25, 0.3) is 0 Å². The first-order valence-electron chi connectivity index (χ1n) is 6.76. The first-order chi connectivity index (χ1) is 8.04. The molecule has 0 aromatic carbocycles. The summed E-state index contributed by atoms with van der Waals surface area (Å²) in [6.07, 6.45) is 1.74. The van der Waals surface area contributed by atoms with E-state index >= 15 is 0 Å². The third kappa shape index (κ3) is 4.64. The third-order valence-corrected chi connectivity index (χ3v) is 3.49. The van der Waals surface area contributed by atoms with Crippen LogP contribution in [-0.4, -0.2) is 61.0 Å². The minimum atomic E-state index is 0.296. The van der Waals surface area contributed by atoms with Crippen LogP contribution < -0.4 is 5.32 Å². The zero-order valence-electron chi connectivity index (χ0n) is 11.7. The maximum absolute atomic E-state index is 12.0. The lowest BCUT2D eigenvalue weighted by molar-refractivity contribution is -0.133. The van der Waals surface area contributed by atoms with Gasteiger partial charge in [-0.15, -0.1) is 0 Å². The maximum Gasteiger partial charge on any atom is 0.223 e. The fourth-order valence-corrected chi connectivity index (χ4v) is 2.24. The summed E-state index contributed by atoms with van der Waals surface area (Å²) in [6.45, 7) is 9.97. The molecule has 1 N–H and O–H groups in total. The number of amides is 1. The minimum Gasteiger partial charge on any atom is -0.340 e. The van der Waals surface area contributed by atoms with Gasteiger partial charge in [-0.2, -0.15) is 0 Å². The Hall–Kier alpha value is -0.610. The second-order valence-corrected chi connectivity index (χ2v) is 5.24. The van der Waals surface area contributed by atoms with Crippen LogP contribution in [0.2, 0.25) is 0 Å². The van der Waals surface area contributed by atoms with E-state index in [0.29, 0.717) is 24.4 Å². The minimum absolute atomic E-state index is 0.296. The van der Waals surface area contributed by atoms with E-state index in [1.807, 2.05) is 4.90 Å². The van der Waals surface area contributed by atoms with Crippen molar-refractivity contribution in [1.82, 2.24) is 15.1 Å². The highest BCUT2D eigenvalue weighted by atomic mass is 16.2. The summed E-state index contributed by atoms with van der Waals surface area (Å²) in [4.78, 5) is 16.4. The monoisotopic (exact) mass is 241 g/mol. The van der Waals surface area contributed by atoms with Crippen molar-refractivity contribution < 1.29 is 4.79 Å². The van der Waals surface area contributed by atoms with Gasteiger partial charge in [-0.1, -0.05) is 20.8 Å². The van der Waals surface area contributed by atoms with E-state index in [1.54, 1.807) is 0 Å². The van der Waals surface area contributed by atoms with E-state index in [2.05, 4.69) is 38.0 Å². The molecule has 1 amide bonds. The van der Waals surface area contributed by atoms with Crippen molar-refractivity contribution in [3.63, 3.8) is 0 Å². The Bertz CT molecular complexity index is 243. The van der Waals surface area contributed by atoms with Gasteiger partial charge in [0.2, 0.25) is 5.91 Å².